The van der Waals surface area contributed by atoms with Gasteiger partial charge in [-0.15, -0.1) is 5.10 Å². The van der Waals surface area contributed by atoms with Crippen LogP contribution in [0.25, 0.3) is 0 Å². The van der Waals surface area contributed by atoms with Gasteiger partial charge >= 0.3 is 5.69 Å². The summed E-state index contributed by atoms with van der Waals surface area (Å²) >= 11 is 0. The van der Waals surface area contributed by atoms with Crippen molar-refractivity contribution >= 4 is 11.4 Å². The lowest BCUT2D eigenvalue weighted by atomic mass is 9.96. The Bertz CT molecular complexity index is 681. The van der Waals surface area contributed by atoms with E-state index in [1.807, 2.05) is 23.9 Å². The van der Waals surface area contributed by atoms with Gasteiger partial charge in [0.15, 0.2) is 5.75 Å². The fourth-order valence-corrected chi connectivity index (χ4v) is 3.17. The third-order valence-electron chi connectivity index (χ3n) is 4.33. The van der Waals surface area contributed by atoms with Crippen LogP contribution in [0.3, 0.4) is 0 Å². The van der Waals surface area contributed by atoms with Crippen LogP contribution in [-0.2, 0) is 6.54 Å². The monoisotopic (exact) mass is 331 g/mol. The van der Waals surface area contributed by atoms with E-state index in [1.54, 1.807) is 18.3 Å². The molecule has 24 heavy (non-hydrogen) atoms. The topological polar surface area (TPSA) is 86.3 Å². The highest BCUT2D eigenvalue weighted by Gasteiger charge is 2.28. The Hall–Kier alpha value is -2.64. The molecule has 2 aromatic rings. The highest BCUT2D eigenvalue weighted by atomic mass is 16.6. The standard InChI is InChI=1S/C16H21N5O3/c1-2-24-15-5-3-4-14(16(15)21(22)23)19-9-6-13(7-10-19)12-20-11-8-17-18-20/h3-5,8,11,13H,2,6-7,9-10,12H2,1H3. The third kappa shape index (κ3) is 3.47. The van der Waals surface area contributed by atoms with Crippen LogP contribution in [0.2, 0.25) is 0 Å². The summed E-state index contributed by atoms with van der Waals surface area (Å²) in [5, 5.41) is 19.3. The average molecular weight is 331 g/mol. The molecule has 0 radical (unpaired) electrons. The highest BCUT2D eigenvalue weighted by molar-refractivity contribution is 5.70. The molecule has 1 aromatic carbocycles. The van der Waals surface area contributed by atoms with E-state index in [9.17, 15) is 10.1 Å². The zero-order valence-corrected chi connectivity index (χ0v) is 13.7. The Morgan fingerprint density at radius 3 is 2.79 bits per heavy atom. The number of anilines is 1. The van der Waals surface area contributed by atoms with Gasteiger partial charge in [0, 0.05) is 25.8 Å². The molecule has 1 saturated heterocycles. The first kappa shape index (κ1) is 16.2. The second-order valence-electron chi connectivity index (χ2n) is 5.87. The summed E-state index contributed by atoms with van der Waals surface area (Å²) in [6.07, 6.45) is 5.48. The minimum Gasteiger partial charge on any atom is -0.487 e. The maximum Gasteiger partial charge on any atom is 0.333 e. The Morgan fingerprint density at radius 1 is 1.38 bits per heavy atom. The van der Waals surface area contributed by atoms with Crippen LogP contribution in [0.4, 0.5) is 11.4 Å². The van der Waals surface area contributed by atoms with E-state index >= 15 is 0 Å². The lowest BCUT2D eigenvalue weighted by Crippen LogP contribution is -2.35. The van der Waals surface area contributed by atoms with Crippen LogP contribution in [0.5, 0.6) is 5.75 Å². The summed E-state index contributed by atoms with van der Waals surface area (Å²) in [5.41, 5.74) is 0.708. The van der Waals surface area contributed by atoms with Gasteiger partial charge in [0.05, 0.1) is 17.7 Å². The highest BCUT2D eigenvalue weighted by Crippen LogP contribution is 2.38. The molecule has 0 saturated carbocycles. The molecule has 1 aliphatic rings. The van der Waals surface area contributed by atoms with Crippen LogP contribution in [0, 0.1) is 16.0 Å². The first-order valence-corrected chi connectivity index (χ1v) is 8.18. The second kappa shape index (κ2) is 7.29. The second-order valence-corrected chi connectivity index (χ2v) is 5.87. The van der Waals surface area contributed by atoms with Gasteiger partial charge in [-0.05, 0) is 37.8 Å². The van der Waals surface area contributed by atoms with Gasteiger partial charge in [-0.3, -0.25) is 14.8 Å². The van der Waals surface area contributed by atoms with E-state index in [0.29, 0.717) is 24.0 Å². The minimum absolute atomic E-state index is 0.0640. The van der Waals surface area contributed by atoms with Crippen LogP contribution in [-0.4, -0.2) is 39.6 Å². The van der Waals surface area contributed by atoms with Crippen molar-refractivity contribution in [3.05, 3.63) is 40.7 Å². The predicted molar refractivity (Wildman–Crippen MR) is 89.2 cm³/mol. The summed E-state index contributed by atoms with van der Waals surface area (Å²) in [5.74, 6) is 0.849. The van der Waals surface area contributed by atoms with Crippen molar-refractivity contribution in [2.45, 2.75) is 26.3 Å². The quantitative estimate of drug-likeness (QED) is 0.597. The van der Waals surface area contributed by atoms with Crippen LogP contribution in [0.1, 0.15) is 19.8 Å². The average Bonchev–Trinajstić information content (AvgIpc) is 3.08. The minimum atomic E-state index is -0.345. The van der Waals surface area contributed by atoms with Crippen molar-refractivity contribution in [1.29, 1.82) is 0 Å². The fraction of sp³-hybridized carbons (Fsp3) is 0.500. The van der Waals surface area contributed by atoms with Gasteiger partial charge in [0.1, 0.15) is 5.69 Å². The predicted octanol–water partition coefficient (Wildman–Crippen LogP) is 2.50. The molecule has 0 amide bonds. The number of nitro benzene ring substituents is 1. The molecule has 0 bridgehead atoms. The summed E-state index contributed by atoms with van der Waals surface area (Å²) in [4.78, 5) is 13.3. The van der Waals surface area contributed by atoms with E-state index in [-0.39, 0.29) is 10.6 Å². The number of hydrogen-bond donors (Lipinski definition) is 0. The molecule has 8 heteroatoms. The molecule has 0 atom stereocenters. The van der Waals surface area contributed by atoms with E-state index in [4.69, 9.17) is 4.74 Å². The number of nitro groups is 1. The Balaban J connectivity index is 1.72. The molecule has 0 unspecified atom stereocenters. The molecule has 2 heterocycles. The third-order valence-corrected chi connectivity index (χ3v) is 4.33. The van der Waals surface area contributed by atoms with Gasteiger partial charge in [0.2, 0.25) is 0 Å². The number of benzene rings is 1. The summed E-state index contributed by atoms with van der Waals surface area (Å²) < 4.78 is 7.28. The molecular weight excluding hydrogens is 310 g/mol. The molecule has 0 spiro atoms. The summed E-state index contributed by atoms with van der Waals surface area (Å²) in [7, 11) is 0. The van der Waals surface area contributed by atoms with E-state index in [1.165, 1.54) is 0 Å². The van der Waals surface area contributed by atoms with Crippen LogP contribution < -0.4 is 9.64 Å². The number of aromatic nitrogens is 3. The largest absolute Gasteiger partial charge is 0.487 e. The lowest BCUT2D eigenvalue weighted by Gasteiger charge is -2.33. The van der Waals surface area contributed by atoms with Crippen molar-refractivity contribution in [2.75, 3.05) is 24.6 Å². The van der Waals surface area contributed by atoms with Crippen molar-refractivity contribution < 1.29 is 9.66 Å². The molecule has 128 valence electrons. The Kier molecular flexibility index (Phi) is 4.93. The summed E-state index contributed by atoms with van der Waals surface area (Å²) in [6.45, 7) is 4.65. The first-order chi connectivity index (χ1) is 11.7. The van der Waals surface area contributed by atoms with Crippen LogP contribution >= 0.6 is 0 Å². The first-order valence-electron chi connectivity index (χ1n) is 8.18. The number of ether oxygens (including phenoxy) is 1. The smallest absolute Gasteiger partial charge is 0.333 e. The normalized spacial score (nSPS) is 15.5. The zero-order chi connectivity index (χ0) is 16.9. The fourth-order valence-electron chi connectivity index (χ4n) is 3.17. The molecule has 8 nitrogen and oxygen atoms in total. The molecular formula is C16H21N5O3. The maximum atomic E-state index is 11.5. The zero-order valence-electron chi connectivity index (χ0n) is 13.7. The summed E-state index contributed by atoms with van der Waals surface area (Å²) in [6, 6.07) is 5.27. The van der Waals surface area contributed by atoms with Gasteiger partial charge in [0.25, 0.3) is 0 Å². The number of para-hydroxylation sites is 1. The lowest BCUT2D eigenvalue weighted by molar-refractivity contribution is -0.385. The number of rotatable bonds is 6. The Morgan fingerprint density at radius 2 is 2.17 bits per heavy atom. The van der Waals surface area contributed by atoms with Gasteiger partial charge < -0.3 is 9.64 Å². The van der Waals surface area contributed by atoms with Crippen molar-refractivity contribution in [3.63, 3.8) is 0 Å². The van der Waals surface area contributed by atoms with Crippen molar-refractivity contribution in [1.82, 2.24) is 15.0 Å². The van der Waals surface area contributed by atoms with Gasteiger partial charge in [-0.1, -0.05) is 11.3 Å². The Labute approximate surface area is 140 Å². The molecule has 1 fully saturated rings. The molecule has 1 aromatic heterocycles. The van der Waals surface area contributed by atoms with Gasteiger partial charge in [-0.2, -0.15) is 0 Å². The van der Waals surface area contributed by atoms with E-state index in [0.717, 1.165) is 32.5 Å². The SMILES string of the molecule is CCOc1cccc(N2CCC(Cn3ccnn3)CC2)c1[N+](=O)[O-]. The molecule has 0 aliphatic carbocycles. The van der Waals surface area contributed by atoms with E-state index < -0.39 is 0 Å². The molecule has 1 aliphatic heterocycles. The van der Waals surface area contributed by atoms with E-state index in [2.05, 4.69) is 15.2 Å². The number of piperidine rings is 1. The number of hydrogen-bond acceptors (Lipinski definition) is 6. The van der Waals surface area contributed by atoms with Crippen molar-refractivity contribution in [2.24, 2.45) is 5.92 Å². The maximum absolute atomic E-state index is 11.5. The molecule has 0 N–H and O–H groups in total. The van der Waals surface area contributed by atoms with Crippen molar-refractivity contribution in [3.8, 4) is 5.75 Å². The van der Waals surface area contributed by atoms with Gasteiger partial charge in [-0.25, -0.2) is 0 Å². The number of nitrogens with zero attached hydrogens (tertiary/aromatic N) is 5. The molecule has 3 rings (SSSR count). The van der Waals surface area contributed by atoms with Crippen LogP contribution in [0.15, 0.2) is 30.6 Å².